The molecule has 2 aromatic heterocycles. The maximum Gasteiger partial charge on any atom is 0.284 e. The van der Waals surface area contributed by atoms with Gasteiger partial charge in [0.25, 0.3) is 10.8 Å². The number of piperidine rings is 1. The third-order valence-corrected chi connectivity index (χ3v) is 8.55. The summed E-state index contributed by atoms with van der Waals surface area (Å²) < 4.78 is 26.8. The lowest BCUT2D eigenvalue weighted by atomic mass is 10.2. The van der Waals surface area contributed by atoms with Crippen molar-refractivity contribution < 1.29 is 18.1 Å². The Morgan fingerprint density at radius 3 is 2.44 bits per heavy atom. The average molecular weight is 482 g/mol. The van der Waals surface area contributed by atoms with E-state index in [-0.39, 0.29) is 16.1 Å². The Bertz CT molecular complexity index is 1390. The van der Waals surface area contributed by atoms with Crippen molar-refractivity contribution in [2.24, 2.45) is 17.8 Å². The molecule has 0 bridgehead atoms. The van der Waals surface area contributed by atoms with Gasteiger partial charge in [-0.15, -0.1) is 0 Å². The molecule has 0 radical (unpaired) electrons. The number of aromatic nitrogens is 3. The van der Waals surface area contributed by atoms with Crippen LogP contribution in [0.3, 0.4) is 0 Å². The first kappa shape index (κ1) is 22.2. The van der Waals surface area contributed by atoms with Crippen LogP contribution in [-0.4, -0.2) is 46.3 Å². The van der Waals surface area contributed by atoms with Gasteiger partial charge >= 0.3 is 0 Å². The smallest absolute Gasteiger partial charge is 0.284 e. The predicted molar refractivity (Wildman–Crippen MR) is 123 cm³/mol. The van der Waals surface area contributed by atoms with E-state index in [4.69, 9.17) is 4.98 Å². The molecule has 3 heterocycles. The number of hydrogen-bond donors (Lipinski definition) is 0. The largest absolute Gasteiger partial charge is 0.356 e. The van der Waals surface area contributed by atoms with Gasteiger partial charge in [0.2, 0.25) is 9.84 Å². The van der Waals surface area contributed by atoms with Crippen LogP contribution in [0.5, 0.6) is 0 Å². The number of rotatable bonds is 6. The van der Waals surface area contributed by atoms with Crippen molar-refractivity contribution in [2.45, 2.75) is 25.3 Å². The van der Waals surface area contributed by atoms with Crippen molar-refractivity contribution >= 4 is 26.5 Å². The third kappa shape index (κ3) is 3.85. The summed E-state index contributed by atoms with van der Waals surface area (Å²) in [7, 11) is -4.35. The number of nitro groups is 1. The van der Waals surface area contributed by atoms with Gasteiger partial charge in [-0.1, -0.05) is 13.0 Å². The summed E-state index contributed by atoms with van der Waals surface area (Å²) >= 11 is 0. The zero-order valence-corrected chi connectivity index (χ0v) is 19.5. The Labute approximate surface area is 196 Å². The maximum atomic E-state index is 12.7. The highest BCUT2D eigenvalue weighted by molar-refractivity contribution is 8.06. The number of pyridine rings is 1. The number of carbonyl (C=O) groups excluding carboxylic acids is 1. The SMILES string of the molecule is Cc1nc(N2CC3C(C)C3C2)ccc1Cn1cc(C(=O)S(=O)(=O)c2ccc([N+](=O)[O-])cc2)cn1. The summed E-state index contributed by atoms with van der Waals surface area (Å²) in [6, 6.07) is 8.19. The molecular formula is C23H23N5O5S. The second kappa shape index (κ2) is 8.01. The molecule has 2 fully saturated rings. The molecule has 176 valence electrons. The minimum atomic E-state index is -4.35. The second-order valence-electron chi connectivity index (χ2n) is 8.97. The molecule has 0 spiro atoms. The topological polar surface area (TPSA) is 128 Å². The molecule has 34 heavy (non-hydrogen) atoms. The number of hydrogen-bond acceptors (Lipinski definition) is 8. The molecule has 2 aliphatic rings. The van der Waals surface area contributed by atoms with Crippen LogP contribution >= 0.6 is 0 Å². The van der Waals surface area contributed by atoms with E-state index in [2.05, 4.69) is 16.9 Å². The first-order valence-electron chi connectivity index (χ1n) is 10.9. The van der Waals surface area contributed by atoms with Crippen molar-refractivity contribution in [3.63, 3.8) is 0 Å². The van der Waals surface area contributed by atoms with Crippen LogP contribution in [-0.2, 0) is 16.4 Å². The lowest BCUT2D eigenvalue weighted by molar-refractivity contribution is -0.384. The molecule has 1 aliphatic heterocycles. The minimum absolute atomic E-state index is 0.0778. The zero-order valence-electron chi connectivity index (χ0n) is 18.7. The summed E-state index contributed by atoms with van der Waals surface area (Å²) in [5, 5.41) is 13.8. The number of aryl methyl sites for hydroxylation is 1. The van der Waals surface area contributed by atoms with Crippen LogP contribution < -0.4 is 4.90 Å². The van der Waals surface area contributed by atoms with E-state index in [9.17, 15) is 23.3 Å². The van der Waals surface area contributed by atoms with Crippen molar-refractivity contribution in [1.29, 1.82) is 0 Å². The highest BCUT2D eigenvalue weighted by Gasteiger charge is 2.52. The highest BCUT2D eigenvalue weighted by Crippen LogP contribution is 2.51. The molecule has 2 unspecified atom stereocenters. The van der Waals surface area contributed by atoms with Gasteiger partial charge in [-0.05, 0) is 48.4 Å². The van der Waals surface area contributed by atoms with E-state index in [0.29, 0.717) is 6.54 Å². The summed E-state index contributed by atoms with van der Waals surface area (Å²) in [5.74, 6) is 3.34. The van der Waals surface area contributed by atoms with Gasteiger partial charge in [-0.25, -0.2) is 13.4 Å². The Hall–Kier alpha value is -3.60. The quantitative estimate of drug-likeness (QED) is 0.388. The number of fused-ring (bicyclic) bond motifs is 1. The number of nitrogens with zero attached hydrogens (tertiary/aromatic N) is 5. The summed E-state index contributed by atoms with van der Waals surface area (Å²) in [6.45, 7) is 6.66. The van der Waals surface area contributed by atoms with E-state index in [1.165, 1.54) is 17.1 Å². The molecule has 10 nitrogen and oxygen atoms in total. The molecule has 3 aromatic rings. The lowest BCUT2D eigenvalue weighted by Crippen LogP contribution is -2.24. The van der Waals surface area contributed by atoms with Gasteiger partial charge in [0, 0.05) is 37.1 Å². The number of non-ortho nitro benzene ring substituents is 1. The van der Waals surface area contributed by atoms with E-state index in [0.717, 1.165) is 72.2 Å². The van der Waals surface area contributed by atoms with Crippen molar-refractivity contribution in [1.82, 2.24) is 14.8 Å². The normalized spacial score (nSPS) is 21.4. The number of nitro benzene ring substituents is 1. The van der Waals surface area contributed by atoms with Gasteiger partial charge in [-0.2, -0.15) is 5.10 Å². The van der Waals surface area contributed by atoms with E-state index >= 15 is 0 Å². The first-order chi connectivity index (χ1) is 16.1. The lowest BCUT2D eigenvalue weighted by Gasteiger charge is -2.21. The van der Waals surface area contributed by atoms with Gasteiger partial charge in [0.1, 0.15) is 5.82 Å². The molecule has 1 saturated carbocycles. The number of anilines is 1. The zero-order chi connectivity index (χ0) is 24.2. The molecule has 1 aromatic carbocycles. The van der Waals surface area contributed by atoms with Gasteiger partial charge in [0.15, 0.2) is 0 Å². The van der Waals surface area contributed by atoms with Gasteiger partial charge in [0.05, 0.1) is 28.1 Å². The minimum Gasteiger partial charge on any atom is -0.356 e. The summed E-state index contributed by atoms with van der Waals surface area (Å²) in [4.78, 5) is 29.6. The Morgan fingerprint density at radius 1 is 1.15 bits per heavy atom. The standard InChI is InChI=1S/C23H23N5O5S/c1-14-20-12-26(13-21(14)20)22-8-3-16(15(2)25-22)10-27-11-17(9-24-27)23(29)34(32,33)19-6-4-18(5-7-19)28(30)31/h3-9,11,14,20-21H,10,12-13H2,1-2H3. The Balaban J connectivity index is 1.29. The molecular weight excluding hydrogens is 458 g/mol. The van der Waals surface area contributed by atoms with Gasteiger partial charge < -0.3 is 4.90 Å². The van der Waals surface area contributed by atoms with Crippen molar-refractivity contribution in [2.75, 3.05) is 18.0 Å². The van der Waals surface area contributed by atoms with E-state index in [1.54, 1.807) is 0 Å². The summed E-state index contributed by atoms with van der Waals surface area (Å²) in [6.07, 6.45) is 2.59. The van der Waals surface area contributed by atoms with E-state index in [1.807, 2.05) is 19.1 Å². The van der Waals surface area contributed by atoms with Crippen LogP contribution in [0, 0.1) is 34.8 Å². The fourth-order valence-corrected chi connectivity index (χ4v) is 5.79. The molecule has 0 N–H and O–H groups in total. The Kier molecular flexibility index (Phi) is 5.23. The van der Waals surface area contributed by atoms with Crippen LogP contribution in [0.4, 0.5) is 11.5 Å². The molecule has 5 rings (SSSR count). The van der Waals surface area contributed by atoms with Crippen LogP contribution in [0.2, 0.25) is 0 Å². The Morgan fingerprint density at radius 2 is 1.82 bits per heavy atom. The van der Waals surface area contributed by atoms with Gasteiger partial charge in [-0.3, -0.25) is 19.6 Å². The monoisotopic (exact) mass is 481 g/mol. The van der Waals surface area contributed by atoms with Crippen molar-refractivity contribution in [3.05, 3.63) is 75.7 Å². The average Bonchev–Trinajstić information content (AvgIpc) is 3.21. The molecule has 1 saturated heterocycles. The molecule has 2 atom stereocenters. The van der Waals surface area contributed by atoms with E-state index < -0.39 is 19.9 Å². The molecule has 0 amide bonds. The number of carbonyl (C=O) groups is 1. The van der Waals surface area contributed by atoms with Crippen molar-refractivity contribution in [3.8, 4) is 0 Å². The number of benzene rings is 1. The van der Waals surface area contributed by atoms with Crippen LogP contribution in [0.15, 0.2) is 53.7 Å². The fraction of sp³-hybridized carbons (Fsp3) is 0.348. The second-order valence-corrected chi connectivity index (χ2v) is 10.8. The van der Waals surface area contributed by atoms with Crippen LogP contribution in [0.1, 0.15) is 28.5 Å². The summed E-state index contributed by atoms with van der Waals surface area (Å²) in [5.41, 5.74) is 1.44. The first-order valence-corrected chi connectivity index (χ1v) is 12.4. The highest BCUT2D eigenvalue weighted by atomic mass is 32.2. The van der Waals surface area contributed by atoms with Crippen LogP contribution in [0.25, 0.3) is 0 Å². The fourth-order valence-electron chi connectivity index (χ4n) is 4.67. The predicted octanol–water partition coefficient (Wildman–Crippen LogP) is 2.86. The third-order valence-electron chi connectivity index (χ3n) is 6.93. The maximum absolute atomic E-state index is 12.7. The molecule has 1 aliphatic carbocycles. The molecule has 11 heteroatoms. The number of sulfone groups is 1.